The molecule has 0 unspecified atom stereocenters. The van der Waals surface area contributed by atoms with Crippen LogP contribution in [0.2, 0.25) is 0 Å². The highest BCUT2D eigenvalue weighted by Gasteiger charge is 2.29. The number of pyridine rings is 1. The second-order valence-corrected chi connectivity index (χ2v) is 6.12. The average Bonchev–Trinajstić information content (AvgIpc) is 2.93. The lowest BCUT2D eigenvalue weighted by atomic mass is 9.88. The van der Waals surface area contributed by atoms with Gasteiger partial charge in [-0.3, -0.25) is 4.79 Å². The molecule has 0 saturated carbocycles. The van der Waals surface area contributed by atoms with Crippen LogP contribution >= 0.6 is 0 Å². The number of nitrogens with zero attached hydrogens (tertiary/aromatic N) is 3. The first-order valence-electron chi connectivity index (χ1n) is 6.84. The summed E-state index contributed by atoms with van der Waals surface area (Å²) in [6.45, 7) is 7.73. The van der Waals surface area contributed by atoms with E-state index in [4.69, 9.17) is 0 Å². The molecular formula is C15H20N4O. The highest BCUT2D eigenvalue weighted by molar-refractivity contribution is 5.97. The van der Waals surface area contributed by atoms with Crippen LogP contribution in [-0.2, 0) is 10.2 Å². The normalized spacial score (nSPS) is 18.6. The topological polar surface area (TPSA) is 69.0 Å². The van der Waals surface area contributed by atoms with Crippen molar-refractivity contribution in [3.63, 3.8) is 0 Å². The Hall–Kier alpha value is -1.93. The van der Waals surface area contributed by atoms with Gasteiger partial charge in [-0.05, 0) is 36.1 Å². The van der Waals surface area contributed by atoms with Gasteiger partial charge in [0.2, 0.25) is 5.91 Å². The number of aromatic nitrogens is 1. The van der Waals surface area contributed by atoms with Crippen LogP contribution in [0.5, 0.6) is 0 Å². The molecule has 1 fully saturated rings. The van der Waals surface area contributed by atoms with Crippen LogP contribution in [0.3, 0.4) is 0 Å². The second-order valence-electron chi connectivity index (χ2n) is 6.12. The number of nitrogens with one attached hydrogen (secondary N) is 1. The van der Waals surface area contributed by atoms with Crippen molar-refractivity contribution < 1.29 is 4.79 Å². The molecule has 1 atom stereocenters. The zero-order chi connectivity index (χ0) is 14.8. The third-order valence-electron chi connectivity index (χ3n) is 3.57. The van der Waals surface area contributed by atoms with Gasteiger partial charge in [-0.15, -0.1) is 0 Å². The standard InChI is InChI=1S/C15H20N4O/c1-15(2,3)12-5-7-18-13(8-12)19(10-16)14(20)11-4-6-17-9-11/h5,7-8,11,17H,4,6,9H2,1-3H3/t11-/m0/s1. The lowest BCUT2D eigenvalue weighted by Crippen LogP contribution is -2.34. The van der Waals surface area contributed by atoms with E-state index in [1.54, 1.807) is 6.20 Å². The van der Waals surface area contributed by atoms with Crippen LogP contribution in [0.1, 0.15) is 32.8 Å². The zero-order valence-electron chi connectivity index (χ0n) is 12.2. The van der Waals surface area contributed by atoms with E-state index in [-0.39, 0.29) is 17.2 Å². The number of nitriles is 1. The maximum absolute atomic E-state index is 12.4. The molecule has 5 heteroatoms. The summed E-state index contributed by atoms with van der Waals surface area (Å²) in [6, 6.07) is 3.74. The predicted octanol–water partition coefficient (Wildman–Crippen LogP) is 1.80. The molecule has 1 saturated heterocycles. The van der Waals surface area contributed by atoms with E-state index in [9.17, 15) is 10.1 Å². The summed E-state index contributed by atoms with van der Waals surface area (Å²) in [5.41, 5.74) is 1.01. The fraction of sp³-hybridized carbons (Fsp3) is 0.533. The number of carbonyl (C=O) groups excluding carboxylic acids is 1. The van der Waals surface area contributed by atoms with Crippen LogP contribution in [0.25, 0.3) is 0 Å². The number of hydrogen-bond donors (Lipinski definition) is 1. The van der Waals surface area contributed by atoms with Crippen molar-refractivity contribution in [3.05, 3.63) is 23.9 Å². The summed E-state index contributed by atoms with van der Waals surface area (Å²) in [5, 5.41) is 12.4. The average molecular weight is 272 g/mol. The summed E-state index contributed by atoms with van der Waals surface area (Å²) < 4.78 is 0. The van der Waals surface area contributed by atoms with Crippen molar-refractivity contribution in [3.8, 4) is 6.19 Å². The largest absolute Gasteiger partial charge is 0.316 e. The Bertz CT molecular complexity index is 536. The van der Waals surface area contributed by atoms with E-state index in [0.29, 0.717) is 12.4 Å². The highest BCUT2D eigenvalue weighted by atomic mass is 16.2. The van der Waals surface area contributed by atoms with Gasteiger partial charge in [0.15, 0.2) is 6.19 Å². The molecule has 106 valence electrons. The molecule has 0 spiro atoms. The SMILES string of the molecule is CC(C)(C)c1ccnc(N(C#N)C(=O)[C@H]2CCNC2)c1. The van der Waals surface area contributed by atoms with Gasteiger partial charge in [0.1, 0.15) is 5.82 Å². The molecule has 0 aromatic carbocycles. The van der Waals surface area contributed by atoms with Gasteiger partial charge >= 0.3 is 0 Å². The fourth-order valence-electron chi connectivity index (χ4n) is 2.27. The fourth-order valence-corrected chi connectivity index (χ4v) is 2.27. The summed E-state index contributed by atoms with van der Waals surface area (Å²) >= 11 is 0. The van der Waals surface area contributed by atoms with Crippen LogP contribution in [-0.4, -0.2) is 24.0 Å². The van der Waals surface area contributed by atoms with E-state index in [1.807, 2.05) is 18.3 Å². The Morgan fingerprint density at radius 1 is 1.55 bits per heavy atom. The van der Waals surface area contributed by atoms with Crippen molar-refractivity contribution in [1.29, 1.82) is 5.26 Å². The van der Waals surface area contributed by atoms with E-state index >= 15 is 0 Å². The first kappa shape index (κ1) is 14.5. The molecule has 2 heterocycles. The van der Waals surface area contributed by atoms with Gasteiger partial charge in [0.25, 0.3) is 0 Å². The Labute approximate surface area is 119 Å². The summed E-state index contributed by atoms with van der Waals surface area (Å²) in [4.78, 5) is 17.7. The first-order chi connectivity index (χ1) is 9.43. The van der Waals surface area contributed by atoms with Gasteiger partial charge < -0.3 is 5.32 Å². The molecule has 1 aliphatic heterocycles. The molecule has 2 rings (SSSR count). The van der Waals surface area contributed by atoms with Crippen molar-refractivity contribution in [2.75, 3.05) is 18.0 Å². The highest BCUT2D eigenvalue weighted by Crippen LogP contribution is 2.25. The molecule has 1 N–H and O–H groups in total. The third kappa shape index (κ3) is 2.97. The van der Waals surface area contributed by atoms with Crippen LogP contribution in [0.15, 0.2) is 18.3 Å². The molecule has 0 bridgehead atoms. The van der Waals surface area contributed by atoms with E-state index in [2.05, 4.69) is 31.1 Å². The summed E-state index contributed by atoms with van der Waals surface area (Å²) in [5.74, 6) is 0.114. The van der Waals surface area contributed by atoms with Crippen molar-refractivity contribution in [2.24, 2.45) is 5.92 Å². The van der Waals surface area contributed by atoms with Gasteiger partial charge in [-0.25, -0.2) is 4.98 Å². The molecule has 20 heavy (non-hydrogen) atoms. The van der Waals surface area contributed by atoms with Gasteiger partial charge in [0.05, 0.1) is 5.92 Å². The first-order valence-corrected chi connectivity index (χ1v) is 6.84. The molecule has 5 nitrogen and oxygen atoms in total. The Kier molecular flexibility index (Phi) is 4.05. The van der Waals surface area contributed by atoms with Crippen LogP contribution < -0.4 is 10.2 Å². The Morgan fingerprint density at radius 3 is 2.85 bits per heavy atom. The van der Waals surface area contributed by atoms with Gasteiger partial charge in [-0.2, -0.15) is 10.2 Å². The minimum Gasteiger partial charge on any atom is -0.316 e. The van der Waals surface area contributed by atoms with Crippen LogP contribution in [0.4, 0.5) is 5.82 Å². The van der Waals surface area contributed by atoms with Crippen molar-refractivity contribution >= 4 is 11.7 Å². The number of carbonyl (C=O) groups is 1. The van der Waals surface area contributed by atoms with Gasteiger partial charge in [-0.1, -0.05) is 20.8 Å². The molecule has 1 aromatic rings. The molecule has 1 aliphatic rings. The second kappa shape index (κ2) is 5.59. The van der Waals surface area contributed by atoms with E-state index < -0.39 is 0 Å². The molecule has 0 aliphatic carbocycles. The Morgan fingerprint density at radius 2 is 2.30 bits per heavy atom. The monoisotopic (exact) mass is 272 g/mol. The molecule has 1 amide bonds. The lowest BCUT2D eigenvalue weighted by Gasteiger charge is -2.22. The summed E-state index contributed by atoms with van der Waals surface area (Å²) in [7, 11) is 0. The maximum Gasteiger partial charge on any atom is 0.246 e. The Balaban J connectivity index is 2.28. The molecule has 0 radical (unpaired) electrons. The van der Waals surface area contributed by atoms with Crippen molar-refractivity contribution in [1.82, 2.24) is 10.3 Å². The summed E-state index contributed by atoms with van der Waals surface area (Å²) in [6.07, 6.45) is 4.39. The van der Waals surface area contributed by atoms with E-state index in [1.165, 1.54) is 0 Å². The number of amides is 1. The molecular weight excluding hydrogens is 252 g/mol. The third-order valence-corrected chi connectivity index (χ3v) is 3.57. The lowest BCUT2D eigenvalue weighted by molar-refractivity contribution is -0.121. The molecule has 1 aromatic heterocycles. The maximum atomic E-state index is 12.4. The number of anilines is 1. The zero-order valence-corrected chi connectivity index (χ0v) is 12.2. The quantitative estimate of drug-likeness (QED) is 0.658. The predicted molar refractivity (Wildman–Crippen MR) is 77.0 cm³/mol. The smallest absolute Gasteiger partial charge is 0.246 e. The van der Waals surface area contributed by atoms with Crippen molar-refractivity contribution in [2.45, 2.75) is 32.6 Å². The minimum absolute atomic E-state index is 0.0449. The number of rotatable bonds is 2. The van der Waals surface area contributed by atoms with E-state index in [0.717, 1.165) is 23.4 Å². The van der Waals surface area contributed by atoms with Gasteiger partial charge in [0, 0.05) is 12.7 Å². The van der Waals surface area contributed by atoms with Crippen LogP contribution in [0, 0.1) is 17.4 Å². The minimum atomic E-state index is -0.170. The number of hydrogen-bond acceptors (Lipinski definition) is 4.